The van der Waals surface area contributed by atoms with E-state index in [4.69, 9.17) is 14.2 Å². The molecule has 0 N–H and O–H groups in total. The lowest BCUT2D eigenvalue weighted by molar-refractivity contribution is -0.384. The largest absolute Gasteiger partial charge is 0.466 e. The number of allylic oxidation sites excluding steroid dienone is 1. The fourth-order valence-electron chi connectivity index (χ4n) is 3.67. The fourth-order valence-corrected chi connectivity index (χ4v) is 3.67. The normalized spacial score (nSPS) is 19.2. The molecule has 148 valence electrons. The highest BCUT2D eigenvalue weighted by atomic mass is 16.6. The van der Waals surface area contributed by atoms with Gasteiger partial charge in [0.05, 0.1) is 55.1 Å². The predicted molar refractivity (Wildman–Crippen MR) is 97.1 cm³/mol. The Morgan fingerprint density at radius 3 is 2.54 bits per heavy atom. The Morgan fingerprint density at radius 2 is 1.89 bits per heavy atom. The number of esters is 2. The maximum absolute atomic E-state index is 12.7. The van der Waals surface area contributed by atoms with Crippen LogP contribution < -0.4 is 0 Å². The van der Waals surface area contributed by atoms with E-state index in [9.17, 15) is 19.7 Å². The number of benzene rings is 1. The zero-order valence-corrected chi connectivity index (χ0v) is 15.8. The molecule has 28 heavy (non-hydrogen) atoms. The molecule has 0 amide bonds. The van der Waals surface area contributed by atoms with Gasteiger partial charge < -0.3 is 19.1 Å². The Kier molecular flexibility index (Phi) is 5.46. The number of carbonyl (C=O) groups excluding carboxylic acids is 2. The Hall–Kier alpha value is -3.20. The Balaban J connectivity index is 2.29. The van der Waals surface area contributed by atoms with Crippen molar-refractivity contribution in [2.24, 2.45) is 0 Å². The SMILES string of the molecule is COC(=O)C1=C(C)N2CCOCC2=C(C(=O)OC)[C@H]1c1cccc([N+](=O)[O-])c1. The zero-order chi connectivity index (χ0) is 20.4. The Labute approximate surface area is 161 Å². The van der Waals surface area contributed by atoms with Crippen LogP contribution in [0.15, 0.2) is 46.8 Å². The second-order valence-corrected chi connectivity index (χ2v) is 6.33. The van der Waals surface area contributed by atoms with E-state index in [2.05, 4.69) is 0 Å². The number of morpholine rings is 1. The van der Waals surface area contributed by atoms with Crippen molar-refractivity contribution in [2.45, 2.75) is 12.8 Å². The number of carbonyl (C=O) groups is 2. The van der Waals surface area contributed by atoms with Gasteiger partial charge in [-0.2, -0.15) is 0 Å². The molecule has 1 fully saturated rings. The third-order valence-electron chi connectivity index (χ3n) is 4.93. The maximum atomic E-state index is 12.7. The lowest BCUT2D eigenvalue weighted by Gasteiger charge is -2.41. The minimum Gasteiger partial charge on any atom is -0.466 e. The summed E-state index contributed by atoms with van der Waals surface area (Å²) in [5, 5.41) is 11.2. The van der Waals surface area contributed by atoms with Crippen molar-refractivity contribution in [3.05, 3.63) is 62.5 Å². The van der Waals surface area contributed by atoms with Gasteiger partial charge in [0.2, 0.25) is 0 Å². The molecule has 0 radical (unpaired) electrons. The summed E-state index contributed by atoms with van der Waals surface area (Å²) < 4.78 is 15.5. The molecule has 2 aliphatic heterocycles. The molecule has 2 heterocycles. The first kappa shape index (κ1) is 19.6. The highest BCUT2D eigenvalue weighted by Crippen LogP contribution is 2.44. The molecule has 9 heteroatoms. The predicted octanol–water partition coefficient (Wildman–Crippen LogP) is 1.90. The molecule has 1 aromatic rings. The van der Waals surface area contributed by atoms with Crippen LogP contribution in [0.3, 0.4) is 0 Å². The number of hydrogen-bond donors (Lipinski definition) is 0. The topological polar surface area (TPSA) is 108 Å². The van der Waals surface area contributed by atoms with Gasteiger partial charge in [-0.1, -0.05) is 12.1 Å². The van der Waals surface area contributed by atoms with Crippen molar-refractivity contribution in [1.29, 1.82) is 0 Å². The molecule has 0 saturated carbocycles. The summed E-state index contributed by atoms with van der Waals surface area (Å²) in [6.45, 7) is 2.83. The van der Waals surface area contributed by atoms with Crippen LogP contribution in [0.4, 0.5) is 5.69 Å². The standard InChI is InChI=1S/C19H20N2O7/c1-11-15(18(22)26-2)16(12-5-4-6-13(9-12)21(24)25)17(19(23)27-3)14-10-28-8-7-20(11)14/h4-6,9,16H,7-8,10H2,1-3H3/t16-/m0/s1. The summed E-state index contributed by atoms with van der Waals surface area (Å²) in [5.41, 5.74) is 1.94. The van der Waals surface area contributed by atoms with Crippen LogP contribution >= 0.6 is 0 Å². The molecule has 0 bridgehead atoms. The number of nitro benzene ring substituents is 1. The quantitative estimate of drug-likeness (QED) is 0.437. The van der Waals surface area contributed by atoms with Gasteiger partial charge in [-0.3, -0.25) is 10.1 Å². The number of nitrogens with zero attached hydrogens (tertiary/aromatic N) is 2. The summed E-state index contributed by atoms with van der Waals surface area (Å²) in [7, 11) is 2.50. The van der Waals surface area contributed by atoms with Gasteiger partial charge in [-0.15, -0.1) is 0 Å². The van der Waals surface area contributed by atoms with E-state index in [1.807, 2.05) is 4.90 Å². The number of ether oxygens (including phenoxy) is 3. The minimum atomic E-state index is -0.868. The third-order valence-corrected chi connectivity index (χ3v) is 4.93. The Morgan fingerprint density at radius 1 is 1.21 bits per heavy atom. The van der Waals surface area contributed by atoms with E-state index >= 15 is 0 Å². The summed E-state index contributed by atoms with van der Waals surface area (Å²) in [4.78, 5) is 37.9. The van der Waals surface area contributed by atoms with E-state index in [1.54, 1.807) is 13.0 Å². The molecule has 2 aliphatic rings. The molecular formula is C19H20N2O7. The maximum Gasteiger partial charge on any atom is 0.336 e. The van der Waals surface area contributed by atoms with Gasteiger partial charge in [0.1, 0.15) is 0 Å². The smallest absolute Gasteiger partial charge is 0.336 e. The first-order valence-corrected chi connectivity index (χ1v) is 8.60. The Bertz CT molecular complexity index is 903. The van der Waals surface area contributed by atoms with Crippen LogP contribution in [0.2, 0.25) is 0 Å². The van der Waals surface area contributed by atoms with E-state index in [0.717, 1.165) is 0 Å². The monoisotopic (exact) mass is 388 g/mol. The summed E-state index contributed by atoms with van der Waals surface area (Å²) >= 11 is 0. The molecular weight excluding hydrogens is 368 g/mol. The van der Waals surface area contributed by atoms with Crippen molar-refractivity contribution in [3.8, 4) is 0 Å². The number of non-ortho nitro benzene ring substituents is 1. The average molecular weight is 388 g/mol. The number of nitro groups is 1. The van der Waals surface area contributed by atoms with Gasteiger partial charge in [-0.25, -0.2) is 9.59 Å². The molecule has 0 aromatic heterocycles. The van der Waals surface area contributed by atoms with Gasteiger partial charge in [0.25, 0.3) is 5.69 Å². The third kappa shape index (κ3) is 3.24. The molecule has 1 saturated heterocycles. The number of methoxy groups -OCH3 is 2. The summed E-state index contributed by atoms with van der Waals surface area (Å²) in [6, 6.07) is 5.85. The van der Waals surface area contributed by atoms with Crippen molar-refractivity contribution in [2.75, 3.05) is 34.0 Å². The van der Waals surface area contributed by atoms with Gasteiger partial charge in [0.15, 0.2) is 0 Å². The highest BCUT2D eigenvalue weighted by Gasteiger charge is 2.42. The van der Waals surface area contributed by atoms with Crippen LogP contribution in [-0.4, -0.2) is 55.7 Å². The number of fused-ring (bicyclic) bond motifs is 1. The van der Waals surface area contributed by atoms with Crippen molar-refractivity contribution >= 4 is 17.6 Å². The molecule has 0 unspecified atom stereocenters. The summed E-state index contributed by atoms with van der Waals surface area (Å²) in [5.74, 6) is -2.11. The van der Waals surface area contributed by atoms with Gasteiger partial charge in [-0.05, 0) is 12.5 Å². The summed E-state index contributed by atoms with van der Waals surface area (Å²) in [6.07, 6.45) is 0. The van der Waals surface area contributed by atoms with Crippen LogP contribution in [0, 0.1) is 10.1 Å². The second kappa shape index (κ2) is 7.81. The average Bonchev–Trinajstić information content (AvgIpc) is 2.72. The minimum absolute atomic E-state index is 0.143. The van der Waals surface area contributed by atoms with Crippen LogP contribution in [0.1, 0.15) is 18.4 Å². The molecule has 0 spiro atoms. The van der Waals surface area contributed by atoms with Crippen LogP contribution in [0.5, 0.6) is 0 Å². The molecule has 0 aliphatic carbocycles. The number of hydrogen-bond acceptors (Lipinski definition) is 8. The highest BCUT2D eigenvalue weighted by molar-refractivity contribution is 6.00. The fraction of sp³-hybridized carbons (Fsp3) is 0.368. The van der Waals surface area contributed by atoms with E-state index in [1.165, 1.54) is 32.4 Å². The lowest BCUT2D eigenvalue weighted by atomic mass is 9.79. The van der Waals surface area contributed by atoms with Crippen LogP contribution in [-0.2, 0) is 23.8 Å². The van der Waals surface area contributed by atoms with Gasteiger partial charge in [0, 0.05) is 24.4 Å². The molecule has 1 atom stereocenters. The molecule has 1 aromatic carbocycles. The lowest BCUT2D eigenvalue weighted by Crippen LogP contribution is -2.41. The van der Waals surface area contributed by atoms with Crippen molar-refractivity contribution in [3.63, 3.8) is 0 Å². The molecule has 3 rings (SSSR count). The second-order valence-electron chi connectivity index (χ2n) is 6.33. The van der Waals surface area contributed by atoms with E-state index in [0.29, 0.717) is 30.1 Å². The number of rotatable bonds is 4. The van der Waals surface area contributed by atoms with E-state index < -0.39 is 22.8 Å². The molecule has 9 nitrogen and oxygen atoms in total. The van der Waals surface area contributed by atoms with Crippen molar-refractivity contribution in [1.82, 2.24) is 4.90 Å². The first-order valence-electron chi connectivity index (χ1n) is 8.60. The zero-order valence-electron chi connectivity index (χ0n) is 15.8. The van der Waals surface area contributed by atoms with E-state index in [-0.39, 0.29) is 23.4 Å². The van der Waals surface area contributed by atoms with Crippen LogP contribution in [0.25, 0.3) is 0 Å². The van der Waals surface area contributed by atoms with Crippen molar-refractivity contribution < 1.29 is 28.7 Å². The first-order chi connectivity index (χ1) is 13.4. The van der Waals surface area contributed by atoms with Gasteiger partial charge >= 0.3 is 11.9 Å².